The van der Waals surface area contributed by atoms with E-state index in [4.69, 9.17) is 9.47 Å². The van der Waals surface area contributed by atoms with Crippen molar-refractivity contribution in [2.45, 2.75) is 23.6 Å². The lowest BCUT2D eigenvalue weighted by molar-refractivity contribution is -0.123. The molecule has 0 radical (unpaired) electrons. The van der Waals surface area contributed by atoms with Crippen LogP contribution in [0.5, 0.6) is 0 Å². The van der Waals surface area contributed by atoms with Crippen molar-refractivity contribution in [3.63, 3.8) is 0 Å². The summed E-state index contributed by atoms with van der Waals surface area (Å²) in [5, 5.41) is 0. The monoisotopic (exact) mass is 410 g/mol. The molecule has 6 heteroatoms. The van der Waals surface area contributed by atoms with Crippen LogP contribution in [0, 0.1) is 13.8 Å². The van der Waals surface area contributed by atoms with Crippen molar-refractivity contribution in [3.05, 3.63) is 81.0 Å². The average Bonchev–Trinajstić information content (AvgIpc) is 2.71. The number of thioether (sulfide) groups is 2. The molecule has 2 aromatic rings. The Morgan fingerprint density at radius 3 is 1.36 bits per heavy atom. The molecule has 0 atom stereocenters. The molecule has 1 aliphatic heterocycles. The van der Waals surface area contributed by atoms with E-state index in [2.05, 4.69) is 0 Å². The molecular formula is C22H18O4S2. The second-order valence-corrected chi connectivity index (χ2v) is 8.67. The maximum atomic E-state index is 13.1. The Bertz CT molecular complexity index is 920. The molecule has 4 nitrogen and oxygen atoms in total. The molecule has 0 bridgehead atoms. The summed E-state index contributed by atoms with van der Waals surface area (Å²) in [5.41, 5.74) is 2.26. The summed E-state index contributed by atoms with van der Waals surface area (Å²) < 4.78 is 11.0. The molecule has 142 valence electrons. The third-order valence-electron chi connectivity index (χ3n) is 4.30. The van der Waals surface area contributed by atoms with Crippen molar-refractivity contribution in [3.8, 4) is 0 Å². The molecule has 1 aliphatic carbocycles. The first-order valence-corrected chi connectivity index (χ1v) is 10.5. The van der Waals surface area contributed by atoms with Crippen LogP contribution in [0.2, 0.25) is 0 Å². The summed E-state index contributed by atoms with van der Waals surface area (Å²) in [5.74, 6) is -0.540. The largest absolute Gasteiger partial charge is 0.483 e. The summed E-state index contributed by atoms with van der Waals surface area (Å²) in [6.45, 7) is 4.54. The Labute approximate surface area is 172 Å². The molecule has 0 N–H and O–H groups in total. The number of benzene rings is 2. The molecule has 0 saturated carbocycles. The van der Waals surface area contributed by atoms with Gasteiger partial charge in [0, 0.05) is 9.79 Å². The van der Waals surface area contributed by atoms with E-state index in [1.807, 2.05) is 62.4 Å². The Morgan fingerprint density at radius 2 is 1.00 bits per heavy atom. The highest BCUT2D eigenvalue weighted by Crippen LogP contribution is 2.44. The van der Waals surface area contributed by atoms with Gasteiger partial charge in [-0.25, -0.2) is 0 Å². The van der Waals surface area contributed by atoms with E-state index >= 15 is 0 Å². The topological polar surface area (TPSA) is 52.6 Å². The molecule has 0 saturated heterocycles. The van der Waals surface area contributed by atoms with Crippen molar-refractivity contribution in [2.24, 2.45) is 0 Å². The lowest BCUT2D eigenvalue weighted by atomic mass is 10.1. The Balaban J connectivity index is 1.75. The molecule has 0 aromatic heterocycles. The first kappa shape index (κ1) is 18.9. The molecular weight excluding hydrogens is 392 g/mol. The minimum absolute atomic E-state index is 0.0270. The van der Waals surface area contributed by atoms with Gasteiger partial charge in [-0.2, -0.15) is 0 Å². The van der Waals surface area contributed by atoms with E-state index < -0.39 is 0 Å². The highest BCUT2D eigenvalue weighted by atomic mass is 32.2. The number of Topliss-reactive ketones (excluding diaryl/α,β-unsaturated/α-hetero) is 2. The van der Waals surface area contributed by atoms with Gasteiger partial charge in [-0.1, -0.05) is 58.9 Å². The van der Waals surface area contributed by atoms with E-state index in [1.165, 1.54) is 23.5 Å². The van der Waals surface area contributed by atoms with Crippen LogP contribution < -0.4 is 0 Å². The van der Waals surface area contributed by atoms with E-state index in [0.717, 1.165) is 20.9 Å². The summed E-state index contributed by atoms with van der Waals surface area (Å²) in [7, 11) is 0. The maximum Gasteiger partial charge on any atom is 0.239 e. The number of carbonyl (C=O) groups excluding carboxylic acids is 2. The van der Waals surface area contributed by atoms with Gasteiger partial charge in [0.2, 0.25) is 23.1 Å². The van der Waals surface area contributed by atoms with Gasteiger partial charge in [0.05, 0.1) is 9.81 Å². The number of hydrogen-bond acceptors (Lipinski definition) is 6. The molecule has 1 heterocycles. The SMILES string of the molecule is Cc1ccc(SC2=C(Sc3ccc(C)cc3)C(=O)C3=C(OCCO3)C2=O)cc1. The van der Waals surface area contributed by atoms with Crippen molar-refractivity contribution in [2.75, 3.05) is 13.2 Å². The van der Waals surface area contributed by atoms with Gasteiger partial charge in [0.15, 0.2) is 0 Å². The van der Waals surface area contributed by atoms with Gasteiger partial charge in [0.25, 0.3) is 0 Å². The second kappa shape index (κ2) is 7.89. The molecule has 0 spiro atoms. The third kappa shape index (κ3) is 3.75. The second-order valence-electron chi connectivity index (χ2n) is 6.50. The number of ether oxygens (including phenoxy) is 2. The molecule has 0 fully saturated rings. The first-order chi connectivity index (χ1) is 13.5. The first-order valence-electron chi connectivity index (χ1n) is 8.85. The normalized spacial score (nSPS) is 16.6. The van der Waals surface area contributed by atoms with Crippen molar-refractivity contribution in [1.82, 2.24) is 0 Å². The highest BCUT2D eigenvalue weighted by Gasteiger charge is 2.40. The molecule has 2 aromatic carbocycles. The predicted octanol–water partition coefficient (Wildman–Crippen LogP) is 4.81. The number of allylic oxidation sites excluding steroid dienone is 2. The maximum absolute atomic E-state index is 13.1. The summed E-state index contributed by atoms with van der Waals surface area (Å²) in [6, 6.07) is 15.7. The van der Waals surface area contributed by atoms with Crippen LogP contribution in [-0.4, -0.2) is 24.8 Å². The number of rotatable bonds is 4. The van der Waals surface area contributed by atoms with Crippen LogP contribution in [0.15, 0.2) is 79.7 Å². The quantitative estimate of drug-likeness (QED) is 0.675. The van der Waals surface area contributed by atoms with Gasteiger partial charge in [-0.15, -0.1) is 0 Å². The Hall–Kier alpha value is -2.44. The lowest BCUT2D eigenvalue weighted by Gasteiger charge is -2.26. The zero-order valence-corrected chi connectivity index (χ0v) is 17.1. The molecule has 28 heavy (non-hydrogen) atoms. The molecule has 2 aliphatic rings. The van der Waals surface area contributed by atoms with Crippen molar-refractivity contribution < 1.29 is 19.1 Å². The zero-order chi connectivity index (χ0) is 19.7. The van der Waals surface area contributed by atoms with Gasteiger partial charge in [-0.05, 0) is 38.1 Å². The minimum Gasteiger partial charge on any atom is -0.483 e. The van der Waals surface area contributed by atoms with Crippen molar-refractivity contribution >= 4 is 35.1 Å². The van der Waals surface area contributed by atoms with Crippen LogP contribution in [0.4, 0.5) is 0 Å². The number of hydrogen-bond donors (Lipinski definition) is 0. The summed E-state index contributed by atoms with van der Waals surface area (Å²) >= 11 is 2.58. The summed E-state index contributed by atoms with van der Waals surface area (Å²) in [4.78, 5) is 28.8. The van der Waals surface area contributed by atoms with E-state index in [0.29, 0.717) is 9.81 Å². The number of aryl methyl sites for hydroxylation is 2. The van der Waals surface area contributed by atoms with Crippen LogP contribution >= 0.6 is 23.5 Å². The average molecular weight is 411 g/mol. The molecule has 0 unspecified atom stereocenters. The predicted molar refractivity (Wildman–Crippen MR) is 110 cm³/mol. The van der Waals surface area contributed by atoms with Gasteiger partial charge in [-0.3, -0.25) is 9.59 Å². The van der Waals surface area contributed by atoms with Crippen LogP contribution in [0.1, 0.15) is 11.1 Å². The number of ketones is 2. The van der Waals surface area contributed by atoms with Crippen LogP contribution in [0.25, 0.3) is 0 Å². The fourth-order valence-electron chi connectivity index (χ4n) is 2.80. The van der Waals surface area contributed by atoms with E-state index in [9.17, 15) is 9.59 Å². The van der Waals surface area contributed by atoms with Gasteiger partial charge < -0.3 is 9.47 Å². The zero-order valence-electron chi connectivity index (χ0n) is 15.5. The van der Waals surface area contributed by atoms with Crippen LogP contribution in [0.3, 0.4) is 0 Å². The standard InChI is InChI=1S/C22H18O4S2/c1-13-3-7-15(8-4-13)27-21-17(23)19-20(26-12-11-25-19)18(24)22(21)28-16-9-5-14(2)6-10-16/h3-10H,11-12H2,1-2H3. The van der Waals surface area contributed by atoms with Gasteiger partial charge in [0.1, 0.15) is 13.2 Å². The molecule has 0 amide bonds. The molecule has 4 rings (SSSR count). The number of carbonyl (C=O) groups is 2. The van der Waals surface area contributed by atoms with E-state index in [-0.39, 0.29) is 36.3 Å². The Kier molecular flexibility index (Phi) is 5.33. The van der Waals surface area contributed by atoms with Crippen LogP contribution in [-0.2, 0) is 19.1 Å². The Morgan fingerprint density at radius 1 is 0.643 bits per heavy atom. The smallest absolute Gasteiger partial charge is 0.239 e. The van der Waals surface area contributed by atoms with E-state index in [1.54, 1.807) is 0 Å². The minimum atomic E-state index is -0.297. The fourth-order valence-corrected chi connectivity index (χ4v) is 4.81. The van der Waals surface area contributed by atoms with Crippen molar-refractivity contribution in [1.29, 1.82) is 0 Å². The highest BCUT2D eigenvalue weighted by molar-refractivity contribution is 8.08. The summed E-state index contributed by atoms with van der Waals surface area (Å²) in [6.07, 6.45) is 0. The van der Waals surface area contributed by atoms with Gasteiger partial charge >= 0.3 is 0 Å². The lowest BCUT2D eigenvalue weighted by Crippen LogP contribution is -2.29. The third-order valence-corrected chi connectivity index (χ3v) is 6.63. The fraction of sp³-hybridized carbons (Fsp3) is 0.182.